The summed E-state index contributed by atoms with van der Waals surface area (Å²) in [5.41, 5.74) is 0. The molecule has 7 heteroatoms. The molecule has 0 bridgehead atoms. The Labute approximate surface area is 120 Å². The summed E-state index contributed by atoms with van der Waals surface area (Å²) in [7, 11) is -1.84. The van der Waals surface area contributed by atoms with Gasteiger partial charge in [-0.3, -0.25) is 0 Å². The fourth-order valence-electron chi connectivity index (χ4n) is 2.18. The van der Waals surface area contributed by atoms with E-state index in [0.717, 1.165) is 19.4 Å². The van der Waals surface area contributed by atoms with Crippen LogP contribution in [-0.2, 0) is 14.8 Å². The predicted octanol–water partition coefficient (Wildman–Crippen LogP) is 1.31. The van der Waals surface area contributed by atoms with Crippen LogP contribution in [0.5, 0.6) is 0 Å². The van der Waals surface area contributed by atoms with Crippen LogP contribution in [0.1, 0.15) is 19.8 Å². The molecule has 1 unspecified atom stereocenters. The van der Waals surface area contributed by atoms with Gasteiger partial charge >= 0.3 is 0 Å². The minimum Gasteiger partial charge on any atom is -0.380 e. The Bertz CT molecular complexity index is 548. The number of rotatable bonds is 6. The first kappa shape index (κ1) is 15.2. The molecule has 1 saturated heterocycles. The first-order valence-electron chi connectivity index (χ1n) is 6.80. The number of hydrogen-bond acceptors (Lipinski definition) is 5. The minimum atomic E-state index is -3.46. The van der Waals surface area contributed by atoms with Crippen molar-refractivity contribution in [3.63, 3.8) is 0 Å². The van der Waals surface area contributed by atoms with Gasteiger partial charge in [0, 0.05) is 39.0 Å². The van der Waals surface area contributed by atoms with Gasteiger partial charge in [0.25, 0.3) is 0 Å². The molecule has 0 spiro atoms. The highest BCUT2D eigenvalue weighted by atomic mass is 32.2. The van der Waals surface area contributed by atoms with E-state index >= 15 is 0 Å². The van der Waals surface area contributed by atoms with Crippen LogP contribution in [0.3, 0.4) is 0 Å². The van der Waals surface area contributed by atoms with Crippen LogP contribution in [0.25, 0.3) is 0 Å². The van der Waals surface area contributed by atoms with Crippen LogP contribution < -0.4 is 5.32 Å². The molecule has 0 saturated carbocycles. The number of nitrogens with zero attached hydrogens (tertiary/aromatic N) is 2. The number of nitrogens with one attached hydrogen (secondary N) is 1. The zero-order valence-corrected chi connectivity index (χ0v) is 12.7. The molecular formula is C13H21N3O3S. The lowest BCUT2D eigenvalue weighted by Crippen LogP contribution is -2.30. The van der Waals surface area contributed by atoms with Gasteiger partial charge in [-0.25, -0.2) is 13.4 Å². The van der Waals surface area contributed by atoms with Crippen LogP contribution in [0.4, 0.5) is 5.82 Å². The third kappa shape index (κ3) is 3.28. The molecule has 0 aliphatic carbocycles. The monoisotopic (exact) mass is 299 g/mol. The fourth-order valence-corrected chi connectivity index (χ4v) is 3.68. The van der Waals surface area contributed by atoms with Crippen LogP contribution in [0, 0.1) is 0 Å². The lowest BCUT2D eigenvalue weighted by molar-refractivity contribution is 0.115. The van der Waals surface area contributed by atoms with Gasteiger partial charge in [0.15, 0.2) is 0 Å². The first-order valence-corrected chi connectivity index (χ1v) is 8.24. The number of ether oxygens (including phenoxy) is 1. The molecule has 1 aliphatic rings. The lowest BCUT2D eigenvalue weighted by atomic mass is 10.3. The highest BCUT2D eigenvalue weighted by molar-refractivity contribution is 7.89. The van der Waals surface area contributed by atoms with Crippen molar-refractivity contribution in [2.75, 3.05) is 32.1 Å². The largest absolute Gasteiger partial charge is 0.380 e. The van der Waals surface area contributed by atoms with E-state index in [1.807, 2.05) is 6.92 Å². The zero-order chi connectivity index (χ0) is 14.6. The average Bonchev–Trinajstić information content (AvgIpc) is 2.95. The van der Waals surface area contributed by atoms with Crippen molar-refractivity contribution in [2.24, 2.45) is 0 Å². The second-order valence-electron chi connectivity index (χ2n) is 4.81. The van der Waals surface area contributed by atoms with Gasteiger partial charge in [-0.05, 0) is 18.9 Å². The summed E-state index contributed by atoms with van der Waals surface area (Å²) >= 11 is 0. The van der Waals surface area contributed by atoms with Crippen molar-refractivity contribution in [3.05, 3.63) is 18.3 Å². The Morgan fingerprint density at radius 2 is 2.35 bits per heavy atom. The number of sulfonamides is 1. The molecule has 6 nitrogen and oxygen atoms in total. The van der Waals surface area contributed by atoms with Crippen molar-refractivity contribution in [3.8, 4) is 0 Å². The number of aromatic nitrogens is 1. The van der Waals surface area contributed by atoms with Gasteiger partial charge in [0.2, 0.25) is 10.0 Å². The topological polar surface area (TPSA) is 71.5 Å². The highest BCUT2D eigenvalue weighted by Crippen LogP contribution is 2.23. The first-order chi connectivity index (χ1) is 9.57. The van der Waals surface area contributed by atoms with Gasteiger partial charge in [-0.1, -0.05) is 6.92 Å². The summed E-state index contributed by atoms with van der Waals surface area (Å²) in [6, 6.07) is 3.12. The van der Waals surface area contributed by atoms with E-state index in [1.54, 1.807) is 13.2 Å². The lowest BCUT2D eigenvalue weighted by Gasteiger charge is -2.16. The van der Waals surface area contributed by atoms with E-state index in [-0.39, 0.29) is 11.0 Å². The van der Waals surface area contributed by atoms with Crippen molar-refractivity contribution < 1.29 is 13.2 Å². The van der Waals surface area contributed by atoms with E-state index in [1.165, 1.54) is 16.6 Å². The van der Waals surface area contributed by atoms with Gasteiger partial charge in [0.1, 0.15) is 5.82 Å². The smallest absolute Gasteiger partial charge is 0.243 e. The van der Waals surface area contributed by atoms with Crippen LogP contribution in [0.2, 0.25) is 0 Å². The fraction of sp³-hybridized carbons (Fsp3) is 0.615. The van der Waals surface area contributed by atoms with E-state index in [4.69, 9.17) is 4.74 Å². The van der Waals surface area contributed by atoms with Gasteiger partial charge in [-0.15, -0.1) is 0 Å². The quantitative estimate of drug-likeness (QED) is 0.857. The van der Waals surface area contributed by atoms with E-state index in [9.17, 15) is 8.42 Å². The Morgan fingerprint density at radius 3 is 3.00 bits per heavy atom. The summed E-state index contributed by atoms with van der Waals surface area (Å²) in [6.07, 6.45) is 3.21. The molecule has 0 amide bonds. The maximum absolute atomic E-state index is 12.5. The summed E-state index contributed by atoms with van der Waals surface area (Å²) in [4.78, 5) is 4.41. The SMILES string of the molecule is CCCNc1cc(S(=O)(=O)N2CCC(OC)C2)ccn1. The molecule has 1 atom stereocenters. The number of pyridine rings is 1. The maximum Gasteiger partial charge on any atom is 0.243 e. The predicted molar refractivity (Wildman–Crippen MR) is 77.2 cm³/mol. The van der Waals surface area contributed by atoms with Gasteiger partial charge < -0.3 is 10.1 Å². The molecule has 1 aliphatic heterocycles. The average molecular weight is 299 g/mol. The molecule has 20 heavy (non-hydrogen) atoms. The third-order valence-electron chi connectivity index (χ3n) is 3.37. The van der Waals surface area contributed by atoms with E-state index < -0.39 is 10.0 Å². The van der Waals surface area contributed by atoms with Crippen molar-refractivity contribution in [1.82, 2.24) is 9.29 Å². The van der Waals surface area contributed by atoms with Crippen LogP contribution >= 0.6 is 0 Å². The summed E-state index contributed by atoms with van der Waals surface area (Å²) < 4.78 is 31.8. The van der Waals surface area contributed by atoms with Crippen molar-refractivity contribution in [1.29, 1.82) is 0 Å². The molecule has 0 aromatic carbocycles. The Hall–Kier alpha value is -1.18. The molecule has 1 N–H and O–H groups in total. The minimum absolute atomic E-state index is 0.00991. The Morgan fingerprint density at radius 1 is 1.55 bits per heavy atom. The van der Waals surface area contributed by atoms with Gasteiger partial charge in [0.05, 0.1) is 11.0 Å². The van der Waals surface area contributed by atoms with Crippen LogP contribution in [-0.4, -0.2) is 50.6 Å². The number of anilines is 1. The third-order valence-corrected chi connectivity index (χ3v) is 5.23. The summed E-state index contributed by atoms with van der Waals surface area (Å²) in [6.45, 7) is 3.73. The van der Waals surface area contributed by atoms with Crippen LogP contribution in [0.15, 0.2) is 23.2 Å². The molecule has 1 aromatic rings. The Balaban J connectivity index is 2.17. The maximum atomic E-state index is 12.5. The molecule has 0 radical (unpaired) electrons. The number of methoxy groups -OCH3 is 1. The van der Waals surface area contributed by atoms with Gasteiger partial charge in [-0.2, -0.15) is 4.31 Å². The molecular weight excluding hydrogens is 278 g/mol. The molecule has 112 valence electrons. The zero-order valence-electron chi connectivity index (χ0n) is 11.9. The van der Waals surface area contributed by atoms with E-state index in [0.29, 0.717) is 18.9 Å². The Kier molecular flexibility index (Phi) is 4.95. The standard InChI is InChI=1S/C13H21N3O3S/c1-3-6-14-13-9-12(4-7-15-13)20(17,18)16-8-5-11(10-16)19-2/h4,7,9,11H,3,5-6,8,10H2,1-2H3,(H,14,15). The highest BCUT2D eigenvalue weighted by Gasteiger charge is 2.32. The molecule has 2 rings (SSSR count). The van der Waals surface area contributed by atoms with Crippen molar-refractivity contribution >= 4 is 15.8 Å². The second-order valence-corrected chi connectivity index (χ2v) is 6.75. The molecule has 1 aromatic heterocycles. The number of hydrogen-bond donors (Lipinski definition) is 1. The second kappa shape index (κ2) is 6.51. The summed E-state index contributed by atoms with van der Waals surface area (Å²) in [5.74, 6) is 0.593. The summed E-state index contributed by atoms with van der Waals surface area (Å²) in [5, 5.41) is 3.10. The molecule has 2 heterocycles. The van der Waals surface area contributed by atoms with Crippen molar-refractivity contribution in [2.45, 2.75) is 30.8 Å². The van der Waals surface area contributed by atoms with E-state index in [2.05, 4.69) is 10.3 Å². The normalized spacial score (nSPS) is 20.2. The molecule has 1 fully saturated rings.